The topological polar surface area (TPSA) is 51.5 Å². The molecule has 4 heteroatoms. The molecule has 1 N–H and O–H groups in total. The first-order chi connectivity index (χ1) is 9.78. The van der Waals surface area contributed by atoms with Gasteiger partial charge in [-0.15, -0.1) is 0 Å². The Hall–Kier alpha value is -1.81. The van der Waals surface area contributed by atoms with Crippen molar-refractivity contribution in [1.29, 1.82) is 0 Å². The minimum Gasteiger partial charge on any atom is -0.458 e. The molecule has 1 fully saturated rings. The zero-order valence-corrected chi connectivity index (χ0v) is 11.6. The number of fused-ring (bicyclic) bond motifs is 1. The van der Waals surface area contributed by atoms with E-state index in [0.29, 0.717) is 6.54 Å². The van der Waals surface area contributed by atoms with Gasteiger partial charge in [-0.1, -0.05) is 24.6 Å². The average molecular weight is 273 g/mol. The third kappa shape index (κ3) is 2.56. The van der Waals surface area contributed by atoms with Crippen LogP contribution in [0.4, 0.5) is 0 Å². The maximum Gasteiger partial charge on any atom is 0.223 e. The lowest BCUT2D eigenvalue weighted by atomic mass is 9.85. The molecule has 1 aromatic heterocycles. The maximum atomic E-state index is 11.9. The van der Waals surface area contributed by atoms with Crippen LogP contribution in [0, 0.1) is 5.92 Å². The van der Waals surface area contributed by atoms with Crippen molar-refractivity contribution in [2.24, 2.45) is 5.92 Å². The van der Waals surface area contributed by atoms with Crippen molar-refractivity contribution >= 4 is 16.9 Å². The smallest absolute Gasteiger partial charge is 0.223 e. The van der Waals surface area contributed by atoms with Gasteiger partial charge < -0.3 is 14.5 Å². The summed E-state index contributed by atoms with van der Waals surface area (Å²) in [5.41, 5.74) is 0.842. The SMILES string of the molecule is CO[C@H](CNC(=O)C1CCC1)c1cc2ccccc2o1. The number of carbonyl (C=O) groups excluding carboxylic acids is 1. The van der Waals surface area contributed by atoms with Gasteiger partial charge in [-0.25, -0.2) is 0 Å². The Morgan fingerprint density at radius 1 is 1.45 bits per heavy atom. The number of para-hydroxylation sites is 1. The summed E-state index contributed by atoms with van der Waals surface area (Å²) in [5.74, 6) is 1.08. The van der Waals surface area contributed by atoms with Crippen molar-refractivity contribution in [1.82, 2.24) is 5.32 Å². The van der Waals surface area contributed by atoms with E-state index < -0.39 is 0 Å². The van der Waals surface area contributed by atoms with E-state index >= 15 is 0 Å². The quantitative estimate of drug-likeness (QED) is 0.911. The van der Waals surface area contributed by atoms with Crippen LogP contribution in [-0.4, -0.2) is 19.6 Å². The molecular weight excluding hydrogens is 254 g/mol. The molecule has 20 heavy (non-hydrogen) atoms. The fraction of sp³-hybridized carbons (Fsp3) is 0.438. The first-order valence-electron chi connectivity index (χ1n) is 7.07. The van der Waals surface area contributed by atoms with Crippen molar-refractivity contribution < 1.29 is 13.9 Å². The summed E-state index contributed by atoms with van der Waals surface area (Å²) in [7, 11) is 1.63. The molecule has 0 radical (unpaired) electrons. The fourth-order valence-corrected chi connectivity index (χ4v) is 2.47. The second kappa shape index (κ2) is 5.67. The Balaban J connectivity index is 1.67. The van der Waals surface area contributed by atoms with E-state index in [9.17, 15) is 4.79 Å². The van der Waals surface area contributed by atoms with E-state index in [1.807, 2.05) is 30.3 Å². The number of ether oxygens (including phenoxy) is 1. The van der Waals surface area contributed by atoms with E-state index in [1.54, 1.807) is 7.11 Å². The fourth-order valence-electron chi connectivity index (χ4n) is 2.47. The van der Waals surface area contributed by atoms with Crippen LogP contribution in [0.15, 0.2) is 34.7 Å². The molecule has 1 heterocycles. The van der Waals surface area contributed by atoms with Gasteiger partial charge in [0.05, 0.1) is 6.54 Å². The summed E-state index contributed by atoms with van der Waals surface area (Å²) in [6.45, 7) is 0.450. The molecular formula is C16H19NO3. The van der Waals surface area contributed by atoms with Crippen LogP contribution in [0.2, 0.25) is 0 Å². The Morgan fingerprint density at radius 2 is 2.25 bits per heavy atom. The Bertz CT molecular complexity index is 568. The molecule has 1 amide bonds. The predicted octanol–water partition coefficient (Wildman–Crippen LogP) is 3.04. The number of hydrogen-bond donors (Lipinski definition) is 1. The highest BCUT2D eigenvalue weighted by molar-refractivity contribution is 5.79. The number of benzene rings is 1. The number of methoxy groups -OCH3 is 1. The second-order valence-corrected chi connectivity index (χ2v) is 5.28. The van der Waals surface area contributed by atoms with Crippen molar-refractivity contribution in [2.75, 3.05) is 13.7 Å². The summed E-state index contributed by atoms with van der Waals surface area (Å²) < 4.78 is 11.2. The molecule has 0 saturated heterocycles. The number of nitrogens with one attached hydrogen (secondary N) is 1. The summed E-state index contributed by atoms with van der Waals surface area (Å²) in [5, 5.41) is 4.01. The molecule has 106 valence electrons. The number of furan rings is 1. The van der Waals surface area contributed by atoms with Crippen LogP contribution in [0.5, 0.6) is 0 Å². The number of carbonyl (C=O) groups is 1. The summed E-state index contributed by atoms with van der Waals surface area (Å²) >= 11 is 0. The van der Waals surface area contributed by atoms with Gasteiger partial charge in [0.1, 0.15) is 17.4 Å². The third-order valence-corrected chi connectivity index (χ3v) is 3.98. The van der Waals surface area contributed by atoms with Gasteiger partial charge in [0.15, 0.2) is 0 Å². The van der Waals surface area contributed by atoms with Gasteiger partial charge in [0.2, 0.25) is 5.91 Å². The normalized spacial score (nSPS) is 16.9. The molecule has 0 aliphatic heterocycles. The Morgan fingerprint density at radius 3 is 2.90 bits per heavy atom. The number of rotatable bonds is 5. The van der Waals surface area contributed by atoms with Crippen molar-refractivity contribution in [2.45, 2.75) is 25.4 Å². The van der Waals surface area contributed by atoms with Crippen LogP contribution >= 0.6 is 0 Å². The molecule has 4 nitrogen and oxygen atoms in total. The van der Waals surface area contributed by atoms with Crippen LogP contribution in [-0.2, 0) is 9.53 Å². The Kier molecular flexibility index (Phi) is 3.74. The second-order valence-electron chi connectivity index (χ2n) is 5.28. The average Bonchev–Trinajstić information content (AvgIpc) is 2.81. The largest absolute Gasteiger partial charge is 0.458 e. The Labute approximate surface area is 118 Å². The number of hydrogen-bond acceptors (Lipinski definition) is 3. The van der Waals surface area contributed by atoms with Gasteiger partial charge in [-0.2, -0.15) is 0 Å². The van der Waals surface area contributed by atoms with Crippen molar-refractivity contribution in [3.05, 3.63) is 36.1 Å². The summed E-state index contributed by atoms with van der Waals surface area (Å²) in [6, 6.07) is 9.82. The van der Waals surface area contributed by atoms with E-state index in [-0.39, 0.29) is 17.9 Å². The van der Waals surface area contributed by atoms with E-state index in [4.69, 9.17) is 9.15 Å². The molecule has 0 bridgehead atoms. The molecule has 1 atom stereocenters. The van der Waals surface area contributed by atoms with Gasteiger partial charge in [-0.3, -0.25) is 4.79 Å². The zero-order valence-electron chi connectivity index (χ0n) is 11.6. The summed E-state index contributed by atoms with van der Waals surface area (Å²) in [4.78, 5) is 11.9. The van der Waals surface area contributed by atoms with Crippen molar-refractivity contribution in [3.8, 4) is 0 Å². The molecule has 1 saturated carbocycles. The van der Waals surface area contributed by atoms with E-state index in [1.165, 1.54) is 0 Å². The highest BCUT2D eigenvalue weighted by atomic mass is 16.5. The lowest BCUT2D eigenvalue weighted by Crippen LogP contribution is -2.37. The molecule has 1 aliphatic rings. The monoisotopic (exact) mass is 273 g/mol. The van der Waals surface area contributed by atoms with Gasteiger partial charge in [0, 0.05) is 18.4 Å². The highest BCUT2D eigenvalue weighted by Crippen LogP contribution is 2.27. The van der Waals surface area contributed by atoms with Gasteiger partial charge in [0.25, 0.3) is 0 Å². The predicted molar refractivity (Wildman–Crippen MR) is 76.3 cm³/mol. The third-order valence-electron chi connectivity index (χ3n) is 3.98. The number of amides is 1. The van der Waals surface area contributed by atoms with Gasteiger partial charge >= 0.3 is 0 Å². The van der Waals surface area contributed by atoms with Crippen LogP contribution < -0.4 is 5.32 Å². The molecule has 1 aliphatic carbocycles. The van der Waals surface area contributed by atoms with Crippen molar-refractivity contribution in [3.63, 3.8) is 0 Å². The molecule has 0 spiro atoms. The summed E-state index contributed by atoms with van der Waals surface area (Å²) in [6.07, 6.45) is 2.93. The lowest BCUT2D eigenvalue weighted by Gasteiger charge is -2.25. The minimum absolute atomic E-state index is 0.134. The lowest BCUT2D eigenvalue weighted by molar-refractivity contribution is -0.128. The van der Waals surface area contributed by atoms with E-state index in [0.717, 1.165) is 36.0 Å². The van der Waals surface area contributed by atoms with Gasteiger partial charge in [-0.05, 0) is 25.0 Å². The van der Waals surface area contributed by atoms with E-state index in [2.05, 4.69) is 5.32 Å². The molecule has 2 aromatic rings. The minimum atomic E-state index is -0.244. The zero-order chi connectivity index (χ0) is 13.9. The molecule has 1 aromatic carbocycles. The molecule has 3 rings (SSSR count). The van der Waals surface area contributed by atoms with Crippen LogP contribution in [0.3, 0.4) is 0 Å². The first kappa shape index (κ1) is 13.2. The standard InChI is InChI=1S/C16H19NO3/c1-19-15(10-17-16(18)11-6-4-7-11)14-9-12-5-2-3-8-13(12)20-14/h2-3,5,8-9,11,15H,4,6-7,10H2,1H3,(H,17,18)/t15-/m1/s1. The molecule has 0 unspecified atom stereocenters. The maximum absolute atomic E-state index is 11.9. The highest BCUT2D eigenvalue weighted by Gasteiger charge is 2.26. The van der Waals surface area contributed by atoms with Crippen LogP contribution in [0.25, 0.3) is 11.0 Å². The first-order valence-corrected chi connectivity index (χ1v) is 7.07. The van der Waals surface area contributed by atoms with Crippen LogP contribution in [0.1, 0.15) is 31.1 Å².